The van der Waals surface area contributed by atoms with E-state index in [2.05, 4.69) is 29.9 Å². The molecule has 1 amide bonds. The predicted molar refractivity (Wildman–Crippen MR) is 145 cm³/mol. The van der Waals surface area contributed by atoms with Gasteiger partial charge in [-0.25, -0.2) is 4.98 Å². The molecule has 8 nitrogen and oxygen atoms in total. The van der Waals surface area contributed by atoms with E-state index in [-0.39, 0.29) is 12.6 Å². The number of fused-ring (bicyclic) bond motifs is 4. The molecule has 0 saturated heterocycles. The summed E-state index contributed by atoms with van der Waals surface area (Å²) < 4.78 is 53.5. The Hall–Kier alpha value is -2.93. The normalized spacial score (nSPS) is 17.4. The van der Waals surface area contributed by atoms with E-state index >= 15 is 0 Å². The number of pyridine rings is 1. The largest absolute Gasteiger partial charge is 0.416 e. The number of amides is 1. The van der Waals surface area contributed by atoms with Gasteiger partial charge in [-0.1, -0.05) is 25.7 Å². The van der Waals surface area contributed by atoms with E-state index in [1.807, 2.05) is 4.57 Å². The first-order valence-electron chi connectivity index (χ1n) is 13.0. The van der Waals surface area contributed by atoms with Gasteiger partial charge in [0.1, 0.15) is 18.2 Å². The maximum Gasteiger partial charge on any atom is 0.416 e. The van der Waals surface area contributed by atoms with Crippen LogP contribution in [0.4, 0.5) is 19.0 Å². The van der Waals surface area contributed by atoms with Crippen LogP contribution >= 0.6 is 0 Å². The molecule has 39 heavy (non-hydrogen) atoms. The van der Waals surface area contributed by atoms with E-state index in [0.29, 0.717) is 61.1 Å². The fourth-order valence-electron chi connectivity index (χ4n) is 5.23. The maximum atomic E-state index is 14.0. The standard InChI is InChI=1S/C27H34F3N5O3Si/c1-34(23-12-32-11-16-9-17(27(28,29)30)5-6-18(16)23)26(36)22-10-21-24(19-13-38-14-20(19)25(31)33-21)35(22)15-37-7-8-39(2,3)4/h5-6,9-10,23,32H,7-8,11-15H2,1-4H3,(H2,31,33). The Morgan fingerprint density at radius 3 is 2.72 bits per heavy atom. The van der Waals surface area contributed by atoms with Crippen LogP contribution in [-0.4, -0.2) is 48.6 Å². The third-order valence-electron chi connectivity index (χ3n) is 7.48. The molecule has 1 unspecified atom stereocenters. The Morgan fingerprint density at radius 2 is 2.00 bits per heavy atom. The molecule has 0 spiro atoms. The van der Waals surface area contributed by atoms with Crippen LogP contribution in [0.15, 0.2) is 24.3 Å². The molecular weight excluding hydrogens is 527 g/mol. The molecule has 0 aliphatic carbocycles. The van der Waals surface area contributed by atoms with Crippen LogP contribution in [0.2, 0.25) is 25.7 Å². The number of nitrogens with one attached hydrogen (secondary N) is 1. The van der Waals surface area contributed by atoms with Gasteiger partial charge < -0.3 is 30.0 Å². The molecule has 3 N–H and O–H groups in total. The van der Waals surface area contributed by atoms with Gasteiger partial charge in [0.2, 0.25) is 0 Å². The van der Waals surface area contributed by atoms with Crippen molar-refractivity contribution in [2.45, 2.75) is 64.4 Å². The van der Waals surface area contributed by atoms with E-state index in [9.17, 15) is 18.0 Å². The molecule has 12 heteroatoms. The zero-order valence-corrected chi connectivity index (χ0v) is 23.6. The van der Waals surface area contributed by atoms with Crippen molar-refractivity contribution < 1.29 is 27.4 Å². The Morgan fingerprint density at radius 1 is 1.26 bits per heavy atom. The zero-order chi connectivity index (χ0) is 28.1. The topological polar surface area (TPSA) is 94.6 Å². The average Bonchev–Trinajstić information content (AvgIpc) is 3.49. The first kappa shape index (κ1) is 27.6. The minimum Gasteiger partial charge on any atom is -0.383 e. The van der Waals surface area contributed by atoms with Crippen LogP contribution in [0.1, 0.15) is 44.3 Å². The summed E-state index contributed by atoms with van der Waals surface area (Å²) in [6, 6.07) is 5.96. The summed E-state index contributed by atoms with van der Waals surface area (Å²) in [6.07, 6.45) is -4.43. The second kappa shape index (κ2) is 10.2. The van der Waals surface area contributed by atoms with Gasteiger partial charge in [0.05, 0.1) is 35.9 Å². The molecule has 2 aromatic heterocycles. The van der Waals surface area contributed by atoms with Gasteiger partial charge in [-0.3, -0.25) is 4.79 Å². The van der Waals surface area contributed by atoms with E-state index in [0.717, 1.165) is 34.8 Å². The third-order valence-corrected chi connectivity index (χ3v) is 9.18. The van der Waals surface area contributed by atoms with Crippen molar-refractivity contribution in [3.63, 3.8) is 0 Å². The average molecular weight is 562 g/mol. The number of carbonyl (C=O) groups excluding carboxylic acids is 1. The minimum absolute atomic E-state index is 0.162. The first-order chi connectivity index (χ1) is 18.3. The highest BCUT2D eigenvalue weighted by Gasteiger charge is 2.35. The molecule has 1 aromatic carbocycles. The van der Waals surface area contributed by atoms with Crippen molar-refractivity contribution in [2.24, 2.45) is 0 Å². The Kier molecular flexibility index (Phi) is 7.25. The number of anilines is 1. The van der Waals surface area contributed by atoms with Crippen molar-refractivity contribution in [1.82, 2.24) is 19.8 Å². The summed E-state index contributed by atoms with van der Waals surface area (Å²) in [6.45, 7) is 9.00. The van der Waals surface area contributed by atoms with E-state index in [4.69, 9.17) is 15.2 Å². The van der Waals surface area contributed by atoms with Gasteiger partial charge in [0.25, 0.3) is 5.91 Å². The number of nitrogen functional groups attached to an aromatic ring is 1. The van der Waals surface area contributed by atoms with Gasteiger partial charge >= 0.3 is 6.18 Å². The zero-order valence-electron chi connectivity index (χ0n) is 22.6. The van der Waals surface area contributed by atoms with Gasteiger partial charge in [0, 0.05) is 45.9 Å². The number of nitrogens with two attached hydrogens (primary N) is 1. The molecule has 3 aromatic rings. The summed E-state index contributed by atoms with van der Waals surface area (Å²) in [5, 5.41) is 3.16. The van der Waals surface area contributed by atoms with Crippen LogP contribution in [0.25, 0.3) is 11.0 Å². The van der Waals surface area contributed by atoms with Gasteiger partial charge in [-0.05, 0) is 35.4 Å². The smallest absolute Gasteiger partial charge is 0.383 e. The van der Waals surface area contributed by atoms with Gasteiger partial charge in [0.15, 0.2) is 0 Å². The molecule has 5 rings (SSSR count). The summed E-state index contributed by atoms with van der Waals surface area (Å²) in [7, 11) is 0.353. The molecular formula is C27H34F3N5O3Si. The SMILES string of the molecule is CN(C(=O)c1cc2nc(N)c3c(c2n1COCC[Si](C)(C)C)COC3)C1CNCc2cc(C(F)(F)F)ccc21. The first-order valence-corrected chi connectivity index (χ1v) is 16.7. The second-order valence-electron chi connectivity index (χ2n) is 11.5. The number of aromatic nitrogens is 2. The number of hydrogen-bond acceptors (Lipinski definition) is 6. The summed E-state index contributed by atoms with van der Waals surface area (Å²) in [4.78, 5) is 20.1. The molecule has 210 valence electrons. The predicted octanol–water partition coefficient (Wildman–Crippen LogP) is 4.90. The monoisotopic (exact) mass is 561 g/mol. The Balaban J connectivity index is 1.50. The fourth-order valence-corrected chi connectivity index (χ4v) is 5.99. The fraction of sp³-hybridized carbons (Fsp3) is 0.481. The maximum absolute atomic E-state index is 14.0. The quantitative estimate of drug-likeness (QED) is 0.315. The van der Waals surface area contributed by atoms with E-state index < -0.39 is 25.9 Å². The summed E-state index contributed by atoms with van der Waals surface area (Å²) in [5.74, 6) is 0.0950. The lowest BCUT2D eigenvalue weighted by Crippen LogP contribution is -2.41. The summed E-state index contributed by atoms with van der Waals surface area (Å²) >= 11 is 0. The molecule has 1 atom stereocenters. The molecule has 0 fully saturated rings. The minimum atomic E-state index is -4.43. The van der Waals surface area contributed by atoms with Crippen molar-refractivity contribution in [2.75, 3.05) is 25.9 Å². The Labute approximate surface area is 226 Å². The van der Waals surface area contributed by atoms with Gasteiger partial charge in [-0.15, -0.1) is 0 Å². The lowest BCUT2D eigenvalue weighted by atomic mass is 9.93. The number of benzene rings is 1. The van der Waals surface area contributed by atoms with Crippen LogP contribution in [0.5, 0.6) is 0 Å². The van der Waals surface area contributed by atoms with Crippen LogP contribution < -0.4 is 11.1 Å². The molecule has 0 saturated carbocycles. The lowest BCUT2D eigenvalue weighted by molar-refractivity contribution is -0.137. The number of carbonyl (C=O) groups is 1. The highest BCUT2D eigenvalue weighted by atomic mass is 28.3. The number of likely N-dealkylation sites (N-methyl/N-ethyl adjacent to an activating group) is 1. The third kappa shape index (κ3) is 5.43. The van der Waals surface area contributed by atoms with Crippen molar-refractivity contribution in [1.29, 1.82) is 0 Å². The number of rotatable bonds is 7. The molecule has 2 aliphatic heterocycles. The number of hydrogen-bond donors (Lipinski definition) is 2. The van der Waals surface area contributed by atoms with E-state index in [1.54, 1.807) is 18.0 Å². The number of nitrogens with zero attached hydrogens (tertiary/aromatic N) is 3. The van der Waals surface area contributed by atoms with Crippen LogP contribution in [0, 0.1) is 0 Å². The number of ether oxygens (including phenoxy) is 2. The molecule has 0 bridgehead atoms. The highest BCUT2D eigenvalue weighted by Crippen LogP contribution is 2.36. The number of halogens is 3. The highest BCUT2D eigenvalue weighted by molar-refractivity contribution is 6.76. The lowest BCUT2D eigenvalue weighted by Gasteiger charge is -2.34. The van der Waals surface area contributed by atoms with Crippen LogP contribution in [0.3, 0.4) is 0 Å². The summed E-state index contributed by atoms with van der Waals surface area (Å²) in [5.41, 5.74) is 10.2. The van der Waals surface area contributed by atoms with Gasteiger partial charge in [-0.2, -0.15) is 13.2 Å². The molecule has 4 heterocycles. The van der Waals surface area contributed by atoms with Crippen molar-refractivity contribution >= 4 is 30.8 Å². The number of alkyl halides is 3. The van der Waals surface area contributed by atoms with Crippen molar-refractivity contribution in [3.8, 4) is 0 Å². The van der Waals surface area contributed by atoms with Crippen molar-refractivity contribution in [3.05, 3.63) is 57.8 Å². The van der Waals surface area contributed by atoms with Crippen LogP contribution in [-0.2, 0) is 42.1 Å². The van der Waals surface area contributed by atoms with E-state index in [1.165, 1.54) is 6.07 Å². The molecule has 0 radical (unpaired) electrons. The Bertz CT molecular complexity index is 1420. The second-order valence-corrected chi connectivity index (χ2v) is 17.1. The molecule has 2 aliphatic rings.